The Kier molecular flexibility index (Phi) is 5.88. The molecule has 0 bridgehead atoms. The largest absolute Gasteiger partial charge is 0.481 e. The highest BCUT2D eigenvalue weighted by Gasteiger charge is 2.15. The normalized spacial score (nSPS) is 12.5. The van der Waals surface area contributed by atoms with Gasteiger partial charge in [0.15, 0.2) is 0 Å². The van der Waals surface area contributed by atoms with E-state index >= 15 is 0 Å². The van der Waals surface area contributed by atoms with Gasteiger partial charge in [-0.05, 0) is 32.2 Å². The summed E-state index contributed by atoms with van der Waals surface area (Å²) < 4.78 is 0. The third-order valence-electron chi connectivity index (χ3n) is 2.49. The maximum atomic E-state index is 10.5. The van der Waals surface area contributed by atoms with Gasteiger partial charge in [0.05, 0.1) is 6.42 Å². The molecule has 0 amide bonds. The molecule has 0 unspecified atom stereocenters. The van der Waals surface area contributed by atoms with Gasteiger partial charge in [0.25, 0.3) is 0 Å². The number of hydrogen-bond acceptors (Lipinski definition) is 2. The van der Waals surface area contributed by atoms with E-state index in [-0.39, 0.29) is 6.42 Å². The molecule has 0 aliphatic heterocycles. The van der Waals surface area contributed by atoms with Crippen LogP contribution in [-0.4, -0.2) is 35.1 Å². The van der Waals surface area contributed by atoms with Gasteiger partial charge in [0, 0.05) is 12.6 Å². The molecule has 0 heterocycles. The molecule has 3 heteroatoms. The van der Waals surface area contributed by atoms with Crippen molar-refractivity contribution < 1.29 is 9.90 Å². The zero-order valence-corrected chi connectivity index (χ0v) is 10.7. The van der Waals surface area contributed by atoms with E-state index in [4.69, 9.17) is 5.11 Å². The number of aliphatic carboxylic acids is 1. The van der Waals surface area contributed by atoms with Crippen LogP contribution in [0.5, 0.6) is 0 Å². The molecule has 0 saturated heterocycles. The summed E-state index contributed by atoms with van der Waals surface area (Å²) in [6.45, 7) is 12.5. The van der Waals surface area contributed by atoms with Gasteiger partial charge in [-0.25, -0.2) is 0 Å². The molecule has 0 rings (SSSR count). The Balaban J connectivity index is 4.00. The Morgan fingerprint density at radius 1 is 1.27 bits per heavy atom. The fourth-order valence-electron chi connectivity index (χ4n) is 1.35. The third-order valence-corrected chi connectivity index (χ3v) is 2.49. The molecule has 0 radical (unpaired) electrons. The zero-order chi connectivity index (χ0) is 12.1. The van der Waals surface area contributed by atoms with Crippen LogP contribution < -0.4 is 0 Å². The minimum Gasteiger partial charge on any atom is -0.481 e. The van der Waals surface area contributed by atoms with Crippen molar-refractivity contribution in [2.24, 2.45) is 5.41 Å². The van der Waals surface area contributed by atoms with Crippen molar-refractivity contribution in [3.05, 3.63) is 0 Å². The van der Waals surface area contributed by atoms with Crippen molar-refractivity contribution in [2.45, 2.75) is 53.5 Å². The van der Waals surface area contributed by atoms with Gasteiger partial charge in [-0.3, -0.25) is 4.79 Å². The van der Waals surface area contributed by atoms with Crippen LogP contribution in [-0.2, 0) is 4.79 Å². The Bertz CT molecular complexity index is 194. The first-order valence-electron chi connectivity index (χ1n) is 5.68. The first-order chi connectivity index (χ1) is 6.72. The van der Waals surface area contributed by atoms with Gasteiger partial charge in [-0.1, -0.05) is 20.8 Å². The second kappa shape index (κ2) is 6.11. The molecule has 0 fully saturated rings. The summed E-state index contributed by atoms with van der Waals surface area (Å²) in [5.74, 6) is -0.712. The lowest BCUT2D eigenvalue weighted by Gasteiger charge is -2.29. The molecular formula is C12H25NO2. The molecule has 0 aromatic carbocycles. The van der Waals surface area contributed by atoms with Gasteiger partial charge >= 0.3 is 5.97 Å². The molecule has 0 aromatic heterocycles. The highest BCUT2D eigenvalue weighted by atomic mass is 16.4. The summed E-state index contributed by atoms with van der Waals surface area (Å²) in [5, 5.41) is 8.65. The second-order valence-corrected chi connectivity index (χ2v) is 5.58. The van der Waals surface area contributed by atoms with Crippen LogP contribution in [0.4, 0.5) is 0 Å². The van der Waals surface area contributed by atoms with E-state index in [9.17, 15) is 4.79 Å². The average Bonchev–Trinajstić information content (AvgIpc) is 2.00. The van der Waals surface area contributed by atoms with Crippen LogP contribution in [0.1, 0.15) is 47.5 Å². The Morgan fingerprint density at radius 3 is 2.13 bits per heavy atom. The molecule has 15 heavy (non-hydrogen) atoms. The number of nitrogens with zero attached hydrogens (tertiary/aromatic N) is 1. The van der Waals surface area contributed by atoms with Crippen molar-refractivity contribution >= 4 is 5.97 Å². The standard InChI is InChI=1S/C12H25NO2/c1-10(2)13(8-6-11(14)15)9-7-12(3,4)5/h10H,6-9H2,1-5H3,(H,14,15). The lowest BCUT2D eigenvalue weighted by Crippen LogP contribution is -2.35. The van der Waals surface area contributed by atoms with Crippen LogP contribution in [0, 0.1) is 5.41 Å². The zero-order valence-electron chi connectivity index (χ0n) is 10.7. The topological polar surface area (TPSA) is 40.5 Å². The quantitative estimate of drug-likeness (QED) is 0.740. The minimum absolute atomic E-state index is 0.238. The summed E-state index contributed by atoms with van der Waals surface area (Å²) in [6, 6.07) is 0.423. The lowest BCUT2D eigenvalue weighted by molar-refractivity contribution is -0.137. The fourth-order valence-corrected chi connectivity index (χ4v) is 1.35. The van der Waals surface area contributed by atoms with Crippen molar-refractivity contribution in [3.63, 3.8) is 0 Å². The molecule has 0 saturated carbocycles. The summed E-state index contributed by atoms with van der Waals surface area (Å²) >= 11 is 0. The predicted octanol–water partition coefficient (Wildman–Crippen LogP) is 2.61. The Morgan fingerprint density at radius 2 is 1.80 bits per heavy atom. The number of carboxylic acid groups (broad SMARTS) is 1. The highest BCUT2D eigenvalue weighted by molar-refractivity contribution is 5.66. The number of hydrogen-bond donors (Lipinski definition) is 1. The van der Waals surface area contributed by atoms with E-state index in [1.165, 1.54) is 0 Å². The summed E-state index contributed by atoms with van der Waals surface area (Å²) in [4.78, 5) is 12.7. The third kappa shape index (κ3) is 8.43. The summed E-state index contributed by atoms with van der Waals surface area (Å²) in [7, 11) is 0. The second-order valence-electron chi connectivity index (χ2n) is 5.58. The molecule has 0 aromatic rings. The van der Waals surface area contributed by atoms with Gasteiger partial charge < -0.3 is 10.0 Å². The predicted molar refractivity (Wildman–Crippen MR) is 63.0 cm³/mol. The molecule has 0 atom stereocenters. The summed E-state index contributed by atoms with van der Waals surface area (Å²) in [6.07, 6.45) is 1.34. The van der Waals surface area contributed by atoms with Crippen molar-refractivity contribution in [1.29, 1.82) is 0 Å². The van der Waals surface area contributed by atoms with Crippen molar-refractivity contribution in [2.75, 3.05) is 13.1 Å². The molecule has 90 valence electrons. The first-order valence-corrected chi connectivity index (χ1v) is 5.68. The highest BCUT2D eigenvalue weighted by Crippen LogP contribution is 2.19. The van der Waals surface area contributed by atoms with Crippen LogP contribution >= 0.6 is 0 Å². The van der Waals surface area contributed by atoms with Crippen molar-refractivity contribution in [1.82, 2.24) is 4.90 Å². The molecule has 0 aliphatic carbocycles. The lowest BCUT2D eigenvalue weighted by atomic mass is 9.92. The Hall–Kier alpha value is -0.570. The minimum atomic E-state index is -0.712. The van der Waals surface area contributed by atoms with Gasteiger partial charge in [0.1, 0.15) is 0 Å². The monoisotopic (exact) mass is 215 g/mol. The van der Waals surface area contributed by atoms with Gasteiger partial charge in [-0.2, -0.15) is 0 Å². The smallest absolute Gasteiger partial charge is 0.304 e. The number of carbonyl (C=O) groups is 1. The number of rotatable bonds is 6. The van der Waals surface area contributed by atoms with E-state index in [0.717, 1.165) is 13.0 Å². The molecule has 0 spiro atoms. The fraction of sp³-hybridized carbons (Fsp3) is 0.917. The van der Waals surface area contributed by atoms with E-state index in [1.807, 2.05) is 0 Å². The molecule has 1 N–H and O–H groups in total. The SMILES string of the molecule is CC(C)N(CCC(=O)O)CCC(C)(C)C. The summed E-state index contributed by atoms with van der Waals surface area (Å²) in [5.41, 5.74) is 0.316. The van der Waals surface area contributed by atoms with Gasteiger partial charge in [0.2, 0.25) is 0 Å². The maximum absolute atomic E-state index is 10.5. The molecule has 0 aliphatic rings. The van der Waals surface area contributed by atoms with Crippen LogP contribution in [0.2, 0.25) is 0 Å². The van der Waals surface area contributed by atoms with Crippen LogP contribution in [0.15, 0.2) is 0 Å². The van der Waals surface area contributed by atoms with E-state index < -0.39 is 5.97 Å². The van der Waals surface area contributed by atoms with E-state index in [0.29, 0.717) is 18.0 Å². The van der Waals surface area contributed by atoms with Crippen LogP contribution in [0.25, 0.3) is 0 Å². The van der Waals surface area contributed by atoms with Gasteiger partial charge in [-0.15, -0.1) is 0 Å². The Labute approximate surface area is 93.5 Å². The first kappa shape index (κ1) is 14.4. The number of carboxylic acids is 1. The van der Waals surface area contributed by atoms with E-state index in [1.54, 1.807) is 0 Å². The molecule has 3 nitrogen and oxygen atoms in total. The van der Waals surface area contributed by atoms with Crippen LogP contribution in [0.3, 0.4) is 0 Å². The average molecular weight is 215 g/mol. The maximum Gasteiger partial charge on any atom is 0.304 e. The van der Waals surface area contributed by atoms with Crippen molar-refractivity contribution in [3.8, 4) is 0 Å². The molecular weight excluding hydrogens is 190 g/mol. The van der Waals surface area contributed by atoms with E-state index in [2.05, 4.69) is 39.5 Å².